The maximum absolute atomic E-state index is 12.2. The fourth-order valence-corrected chi connectivity index (χ4v) is 2.93. The molecule has 0 aromatic heterocycles. The van der Waals surface area contributed by atoms with E-state index in [-0.39, 0.29) is 17.0 Å². The molecule has 0 aliphatic heterocycles. The summed E-state index contributed by atoms with van der Waals surface area (Å²) in [5.41, 5.74) is 0.876. The van der Waals surface area contributed by atoms with Gasteiger partial charge in [0, 0.05) is 19.1 Å². The van der Waals surface area contributed by atoms with Crippen LogP contribution in [0.15, 0.2) is 40.6 Å². The number of Topliss-reactive ketones (excluding diaryl/α,β-unsaturated/α-hetero) is 1. The summed E-state index contributed by atoms with van der Waals surface area (Å²) in [6.45, 7) is 6.89. The van der Waals surface area contributed by atoms with E-state index < -0.39 is 0 Å². The van der Waals surface area contributed by atoms with Gasteiger partial charge in [-0.05, 0) is 36.1 Å². The largest absolute Gasteiger partial charge is 0.511 e. The molecular weight excluding hydrogens is 314 g/mol. The number of hydrogen-bond acceptors (Lipinski definition) is 4. The molecule has 4 nitrogen and oxygen atoms in total. The smallest absolute Gasteiger partial charge is 0.168 e. The molecule has 0 amide bonds. The highest BCUT2D eigenvalue weighted by Gasteiger charge is 2.32. The van der Waals surface area contributed by atoms with E-state index in [0.717, 1.165) is 24.5 Å². The number of allylic oxidation sites excluding steroid dienone is 2. The number of nitrogens with zero attached hydrogens (tertiary/aromatic N) is 1. The number of carbonyl (C=O) groups is 1. The zero-order valence-corrected chi connectivity index (χ0v) is 15.5. The van der Waals surface area contributed by atoms with Gasteiger partial charge in [0.05, 0.1) is 17.9 Å². The SMILES string of the molecule is CCCCCCOc1ccc(N=CC2=C(O)CC(C)(C)CC2=O)cc1. The first-order chi connectivity index (χ1) is 11.9. The minimum absolute atomic E-state index is 0.0514. The highest BCUT2D eigenvalue weighted by Crippen LogP contribution is 2.35. The number of carbonyl (C=O) groups excluding carboxylic acids is 1. The Balaban J connectivity index is 1.92. The van der Waals surface area contributed by atoms with E-state index >= 15 is 0 Å². The third-order valence-electron chi connectivity index (χ3n) is 4.34. The van der Waals surface area contributed by atoms with Crippen molar-refractivity contribution in [1.29, 1.82) is 0 Å². The van der Waals surface area contributed by atoms with Crippen LogP contribution in [-0.2, 0) is 4.79 Å². The van der Waals surface area contributed by atoms with E-state index in [2.05, 4.69) is 11.9 Å². The second-order valence-corrected chi connectivity index (χ2v) is 7.46. The van der Waals surface area contributed by atoms with Crippen LogP contribution in [0.1, 0.15) is 59.3 Å². The first kappa shape index (κ1) is 19.2. The Kier molecular flexibility index (Phi) is 6.80. The fraction of sp³-hybridized carbons (Fsp3) is 0.524. The lowest BCUT2D eigenvalue weighted by atomic mass is 9.77. The highest BCUT2D eigenvalue weighted by atomic mass is 16.5. The van der Waals surface area contributed by atoms with Gasteiger partial charge in [-0.15, -0.1) is 0 Å². The first-order valence-corrected chi connectivity index (χ1v) is 9.13. The van der Waals surface area contributed by atoms with E-state index in [0.29, 0.717) is 18.4 Å². The van der Waals surface area contributed by atoms with E-state index in [1.807, 2.05) is 38.1 Å². The third kappa shape index (κ3) is 6.04. The molecule has 4 heteroatoms. The van der Waals surface area contributed by atoms with Crippen LogP contribution in [-0.4, -0.2) is 23.7 Å². The molecule has 0 radical (unpaired) electrons. The van der Waals surface area contributed by atoms with Gasteiger partial charge in [0.1, 0.15) is 11.5 Å². The summed E-state index contributed by atoms with van der Waals surface area (Å²) >= 11 is 0. The molecule has 0 unspecified atom stereocenters. The van der Waals surface area contributed by atoms with Gasteiger partial charge in [-0.2, -0.15) is 0 Å². The normalized spacial score (nSPS) is 17.3. The van der Waals surface area contributed by atoms with Gasteiger partial charge in [-0.1, -0.05) is 40.0 Å². The Bertz CT molecular complexity index is 642. The van der Waals surface area contributed by atoms with Crippen molar-refractivity contribution in [2.24, 2.45) is 10.4 Å². The highest BCUT2D eigenvalue weighted by molar-refractivity contribution is 6.14. The summed E-state index contributed by atoms with van der Waals surface area (Å²) in [6.07, 6.45) is 7.15. The average Bonchev–Trinajstić information content (AvgIpc) is 2.54. The van der Waals surface area contributed by atoms with Crippen molar-refractivity contribution in [3.05, 3.63) is 35.6 Å². The van der Waals surface area contributed by atoms with Crippen molar-refractivity contribution in [1.82, 2.24) is 0 Å². The van der Waals surface area contributed by atoms with E-state index in [9.17, 15) is 9.90 Å². The zero-order valence-electron chi connectivity index (χ0n) is 15.5. The third-order valence-corrected chi connectivity index (χ3v) is 4.34. The van der Waals surface area contributed by atoms with Crippen molar-refractivity contribution < 1.29 is 14.6 Å². The maximum atomic E-state index is 12.2. The number of ether oxygens (including phenoxy) is 1. The van der Waals surface area contributed by atoms with Gasteiger partial charge >= 0.3 is 0 Å². The molecule has 0 bridgehead atoms. The second kappa shape index (κ2) is 8.84. The summed E-state index contributed by atoms with van der Waals surface area (Å²) in [4.78, 5) is 16.5. The van der Waals surface area contributed by atoms with Crippen molar-refractivity contribution in [2.45, 2.75) is 59.3 Å². The Morgan fingerprint density at radius 3 is 2.52 bits per heavy atom. The van der Waals surface area contributed by atoms with E-state index in [1.165, 1.54) is 25.5 Å². The standard InChI is InChI=1S/C21H29NO3/c1-4-5-6-7-12-25-17-10-8-16(9-11-17)22-15-18-19(23)13-21(2,3)14-20(18)24/h8-11,15,23H,4-7,12-14H2,1-3H3. The van der Waals surface area contributed by atoms with Crippen LogP contribution in [0.2, 0.25) is 0 Å². The first-order valence-electron chi connectivity index (χ1n) is 9.13. The van der Waals surface area contributed by atoms with Crippen molar-refractivity contribution in [2.75, 3.05) is 6.61 Å². The Hall–Kier alpha value is -2.10. The van der Waals surface area contributed by atoms with Gasteiger partial charge in [0.25, 0.3) is 0 Å². The lowest BCUT2D eigenvalue weighted by molar-refractivity contribution is -0.117. The Morgan fingerprint density at radius 1 is 1.16 bits per heavy atom. The summed E-state index contributed by atoms with van der Waals surface area (Å²) in [5.74, 6) is 0.912. The van der Waals surface area contributed by atoms with Crippen molar-refractivity contribution >= 4 is 17.7 Å². The van der Waals surface area contributed by atoms with Crippen LogP contribution in [0.5, 0.6) is 5.75 Å². The number of benzene rings is 1. The topological polar surface area (TPSA) is 58.9 Å². The predicted octanol–water partition coefficient (Wildman–Crippen LogP) is 5.55. The fourth-order valence-electron chi connectivity index (χ4n) is 2.93. The van der Waals surface area contributed by atoms with E-state index in [1.54, 1.807) is 0 Å². The van der Waals surface area contributed by atoms with Crippen LogP contribution in [0.4, 0.5) is 5.69 Å². The Labute approximate surface area is 150 Å². The molecule has 0 spiro atoms. The molecule has 1 aliphatic carbocycles. The molecule has 1 aromatic carbocycles. The number of ketones is 1. The van der Waals surface area contributed by atoms with E-state index in [4.69, 9.17) is 4.74 Å². The van der Waals surface area contributed by atoms with Crippen LogP contribution in [0, 0.1) is 5.41 Å². The number of unbranched alkanes of at least 4 members (excludes halogenated alkanes) is 3. The van der Waals surface area contributed by atoms with Gasteiger partial charge in [0.15, 0.2) is 5.78 Å². The molecule has 0 saturated heterocycles. The molecule has 0 fully saturated rings. The summed E-state index contributed by atoms with van der Waals surface area (Å²) < 4.78 is 5.70. The lowest BCUT2D eigenvalue weighted by Crippen LogP contribution is -2.26. The molecule has 2 rings (SSSR count). The molecule has 0 saturated carbocycles. The molecule has 1 aromatic rings. The van der Waals surface area contributed by atoms with Crippen LogP contribution in [0.3, 0.4) is 0 Å². The lowest BCUT2D eigenvalue weighted by Gasteiger charge is -2.28. The summed E-state index contributed by atoms with van der Waals surface area (Å²) in [7, 11) is 0. The van der Waals surface area contributed by atoms with Gasteiger partial charge in [-0.3, -0.25) is 9.79 Å². The van der Waals surface area contributed by atoms with Crippen LogP contribution in [0.25, 0.3) is 0 Å². The van der Waals surface area contributed by atoms with Gasteiger partial charge < -0.3 is 9.84 Å². The molecule has 1 N–H and O–H groups in total. The quantitative estimate of drug-likeness (QED) is 0.497. The Morgan fingerprint density at radius 2 is 1.88 bits per heavy atom. The summed E-state index contributed by atoms with van der Waals surface area (Å²) in [5, 5.41) is 10.1. The second-order valence-electron chi connectivity index (χ2n) is 7.46. The number of aliphatic hydroxyl groups is 1. The van der Waals surface area contributed by atoms with Crippen LogP contribution < -0.4 is 4.74 Å². The molecule has 25 heavy (non-hydrogen) atoms. The number of rotatable bonds is 8. The summed E-state index contributed by atoms with van der Waals surface area (Å²) in [6, 6.07) is 7.47. The number of aliphatic hydroxyl groups excluding tert-OH is 1. The molecule has 0 heterocycles. The number of aliphatic imine (C=N–C) groups is 1. The minimum atomic E-state index is -0.186. The number of hydrogen-bond donors (Lipinski definition) is 1. The average molecular weight is 343 g/mol. The molecular formula is C21H29NO3. The monoisotopic (exact) mass is 343 g/mol. The zero-order chi connectivity index (χ0) is 18.3. The molecule has 0 atom stereocenters. The maximum Gasteiger partial charge on any atom is 0.168 e. The van der Waals surface area contributed by atoms with Crippen molar-refractivity contribution in [3.8, 4) is 5.75 Å². The molecule has 136 valence electrons. The van der Waals surface area contributed by atoms with Gasteiger partial charge in [0.2, 0.25) is 0 Å². The van der Waals surface area contributed by atoms with Crippen LogP contribution >= 0.6 is 0 Å². The van der Waals surface area contributed by atoms with Crippen molar-refractivity contribution in [3.63, 3.8) is 0 Å². The minimum Gasteiger partial charge on any atom is -0.511 e. The molecule has 1 aliphatic rings. The predicted molar refractivity (Wildman–Crippen MR) is 102 cm³/mol. The van der Waals surface area contributed by atoms with Gasteiger partial charge in [-0.25, -0.2) is 0 Å².